The summed E-state index contributed by atoms with van der Waals surface area (Å²) in [5.41, 5.74) is 7.16. The first kappa shape index (κ1) is 20.9. The highest BCUT2D eigenvalue weighted by Crippen LogP contribution is 2.45. The third-order valence-corrected chi connectivity index (χ3v) is 7.20. The van der Waals surface area contributed by atoms with E-state index in [1.165, 1.54) is 32.1 Å². The maximum Gasteiger partial charge on any atom is 0.220 e. The van der Waals surface area contributed by atoms with Gasteiger partial charge in [-0.1, -0.05) is 18.9 Å². The molecule has 1 spiro atoms. The minimum absolute atomic E-state index is 0.00938. The molecule has 1 aromatic heterocycles. The average molecular weight is 413 g/mol. The van der Waals surface area contributed by atoms with Crippen LogP contribution in [0.25, 0.3) is 0 Å². The molecule has 0 bridgehead atoms. The van der Waals surface area contributed by atoms with E-state index in [0.29, 0.717) is 12.0 Å². The molecular formula is C23H36N6O. The van der Waals surface area contributed by atoms with E-state index in [0.717, 1.165) is 62.9 Å². The molecule has 3 aliphatic rings. The Balaban J connectivity index is 1.45. The van der Waals surface area contributed by atoms with Crippen LogP contribution in [0.4, 0.5) is 5.82 Å². The average Bonchev–Trinajstić information content (AvgIpc) is 3.41. The van der Waals surface area contributed by atoms with E-state index >= 15 is 0 Å². The van der Waals surface area contributed by atoms with Crippen LogP contribution in [-0.4, -0.2) is 54.5 Å². The molecule has 7 nitrogen and oxygen atoms in total. The van der Waals surface area contributed by atoms with Crippen LogP contribution in [0.1, 0.15) is 57.4 Å². The smallest absolute Gasteiger partial charge is 0.220 e. The predicted molar refractivity (Wildman–Crippen MR) is 120 cm³/mol. The van der Waals surface area contributed by atoms with Crippen molar-refractivity contribution < 1.29 is 4.79 Å². The number of nitrogens with two attached hydrogens (primary N) is 1. The van der Waals surface area contributed by atoms with Gasteiger partial charge in [-0.2, -0.15) is 0 Å². The largest absolute Gasteiger partial charge is 0.369 e. The first-order valence-electron chi connectivity index (χ1n) is 11.6. The van der Waals surface area contributed by atoms with Gasteiger partial charge >= 0.3 is 0 Å². The predicted octanol–water partition coefficient (Wildman–Crippen LogP) is 2.51. The van der Waals surface area contributed by atoms with Crippen molar-refractivity contribution in [1.82, 2.24) is 15.2 Å². The Bertz CT molecular complexity index is 765. The zero-order chi connectivity index (χ0) is 21.0. The number of hydrogen-bond acceptors (Lipinski definition) is 4. The Morgan fingerprint density at radius 2 is 2.03 bits per heavy atom. The Morgan fingerprint density at radius 1 is 1.27 bits per heavy atom. The third-order valence-electron chi connectivity index (χ3n) is 7.20. The molecule has 1 amide bonds. The lowest BCUT2D eigenvalue weighted by molar-refractivity contribution is -0.122. The quantitative estimate of drug-likeness (QED) is 0.573. The van der Waals surface area contributed by atoms with Crippen LogP contribution in [0.15, 0.2) is 23.3 Å². The van der Waals surface area contributed by atoms with Gasteiger partial charge in [0.2, 0.25) is 5.91 Å². The van der Waals surface area contributed by atoms with Crippen molar-refractivity contribution in [3.63, 3.8) is 0 Å². The lowest BCUT2D eigenvalue weighted by Gasteiger charge is -2.32. The number of piperidine rings is 1. The fourth-order valence-corrected chi connectivity index (χ4v) is 5.45. The van der Waals surface area contributed by atoms with Crippen molar-refractivity contribution in [3.8, 4) is 0 Å². The second-order valence-corrected chi connectivity index (χ2v) is 9.20. The Kier molecular flexibility index (Phi) is 6.44. The molecule has 1 aliphatic carbocycles. The summed E-state index contributed by atoms with van der Waals surface area (Å²) in [5, 5.41) is 3.51. The topological polar surface area (TPSA) is 86.9 Å². The van der Waals surface area contributed by atoms with Gasteiger partial charge in [-0.3, -0.25) is 4.79 Å². The molecule has 30 heavy (non-hydrogen) atoms. The summed E-state index contributed by atoms with van der Waals surface area (Å²) < 4.78 is 0. The van der Waals surface area contributed by atoms with Crippen molar-refractivity contribution in [2.45, 2.75) is 58.4 Å². The van der Waals surface area contributed by atoms with Gasteiger partial charge in [0, 0.05) is 50.4 Å². The molecule has 3 heterocycles. The van der Waals surface area contributed by atoms with Crippen molar-refractivity contribution >= 4 is 17.7 Å². The Labute approximate surface area is 180 Å². The summed E-state index contributed by atoms with van der Waals surface area (Å²) in [6, 6.07) is 4.11. The van der Waals surface area contributed by atoms with E-state index in [9.17, 15) is 4.79 Å². The van der Waals surface area contributed by atoms with Gasteiger partial charge in [0.15, 0.2) is 5.96 Å². The van der Waals surface area contributed by atoms with E-state index in [-0.39, 0.29) is 11.8 Å². The van der Waals surface area contributed by atoms with Crippen LogP contribution in [0.5, 0.6) is 0 Å². The minimum Gasteiger partial charge on any atom is -0.369 e. The summed E-state index contributed by atoms with van der Waals surface area (Å²) in [7, 11) is 0. The molecule has 1 saturated carbocycles. The standard InChI is InChI=1S/C23H36N6O/c1-2-25-22(29-15-11-23(17-29)9-3-4-10-23)27-16-19-6-5-12-26-21(19)28-13-7-18(8-14-28)20(24)30/h5-6,12,18H,2-4,7-11,13-17H2,1H3,(H2,24,30)(H,25,27). The number of pyridine rings is 1. The number of nitrogens with one attached hydrogen (secondary N) is 1. The highest BCUT2D eigenvalue weighted by molar-refractivity contribution is 5.80. The van der Waals surface area contributed by atoms with Crippen LogP contribution in [-0.2, 0) is 11.3 Å². The number of aromatic nitrogens is 1. The number of anilines is 1. The van der Waals surface area contributed by atoms with Crippen LogP contribution < -0.4 is 16.0 Å². The summed E-state index contributed by atoms with van der Waals surface area (Å²) >= 11 is 0. The van der Waals surface area contributed by atoms with Crippen molar-refractivity contribution in [3.05, 3.63) is 23.9 Å². The molecule has 3 N–H and O–H groups in total. The number of amides is 1. The van der Waals surface area contributed by atoms with Gasteiger partial charge in [0.05, 0.1) is 6.54 Å². The summed E-state index contributed by atoms with van der Waals surface area (Å²) in [5.74, 6) is 1.84. The van der Waals surface area contributed by atoms with E-state index in [1.54, 1.807) is 0 Å². The third kappa shape index (κ3) is 4.55. The van der Waals surface area contributed by atoms with Gasteiger partial charge in [-0.05, 0) is 50.5 Å². The minimum atomic E-state index is -0.179. The molecule has 0 aromatic carbocycles. The fraction of sp³-hybridized carbons (Fsp3) is 0.696. The summed E-state index contributed by atoms with van der Waals surface area (Å²) in [4.78, 5) is 25.9. The van der Waals surface area contributed by atoms with Crippen molar-refractivity contribution in [2.75, 3.05) is 37.6 Å². The number of nitrogens with zero attached hydrogens (tertiary/aromatic N) is 4. The number of primary amides is 1. The van der Waals surface area contributed by atoms with E-state index in [4.69, 9.17) is 10.7 Å². The normalized spacial score (nSPS) is 22.1. The summed E-state index contributed by atoms with van der Waals surface area (Å²) in [6.07, 6.45) is 10.2. The Hall–Kier alpha value is -2.31. The van der Waals surface area contributed by atoms with Crippen LogP contribution in [0.2, 0.25) is 0 Å². The highest BCUT2D eigenvalue weighted by atomic mass is 16.1. The lowest BCUT2D eigenvalue weighted by atomic mass is 9.86. The molecule has 2 saturated heterocycles. The van der Waals surface area contributed by atoms with Gasteiger partial charge < -0.3 is 20.9 Å². The first-order chi connectivity index (χ1) is 14.6. The molecule has 2 aliphatic heterocycles. The molecule has 164 valence electrons. The van der Waals surface area contributed by atoms with Gasteiger partial charge in [0.25, 0.3) is 0 Å². The molecular weight excluding hydrogens is 376 g/mol. The lowest BCUT2D eigenvalue weighted by Crippen LogP contribution is -2.41. The molecule has 1 aromatic rings. The zero-order valence-electron chi connectivity index (χ0n) is 18.3. The first-order valence-corrected chi connectivity index (χ1v) is 11.6. The second-order valence-electron chi connectivity index (χ2n) is 9.20. The fourth-order valence-electron chi connectivity index (χ4n) is 5.45. The van der Waals surface area contributed by atoms with Crippen LogP contribution in [0, 0.1) is 11.3 Å². The number of likely N-dealkylation sites (tertiary alicyclic amines) is 1. The maximum absolute atomic E-state index is 11.5. The van der Waals surface area contributed by atoms with E-state index < -0.39 is 0 Å². The van der Waals surface area contributed by atoms with Crippen LogP contribution >= 0.6 is 0 Å². The molecule has 4 rings (SSSR count). The number of rotatable bonds is 5. The maximum atomic E-state index is 11.5. The molecule has 7 heteroatoms. The van der Waals surface area contributed by atoms with Crippen LogP contribution in [0.3, 0.4) is 0 Å². The number of guanidine groups is 1. The number of hydrogen-bond donors (Lipinski definition) is 2. The SMILES string of the molecule is CCNC(=NCc1cccnc1N1CCC(C(N)=O)CC1)N1CCC2(CCCC2)C1. The van der Waals surface area contributed by atoms with E-state index in [2.05, 4.69) is 33.1 Å². The molecule has 0 radical (unpaired) electrons. The Morgan fingerprint density at radius 3 is 2.73 bits per heavy atom. The number of carbonyl (C=O) groups excluding carboxylic acids is 1. The van der Waals surface area contributed by atoms with Gasteiger partial charge in [-0.25, -0.2) is 9.98 Å². The highest BCUT2D eigenvalue weighted by Gasteiger charge is 2.41. The van der Waals surface area contributed by atoms with E-state index in [1.807, 2.05) is 12.3 Å². The molecule has 0 atom stereocenters. The second kappa shape index (κ2) is 9.23. The number of aliphatic imine (C=N–C) groups is 1. The van der Waals surface area contributed by atoms with Crippen molar-refractivity contribution in [2.24, 2.45) is 22.1 Å². The van der Waals surface area contributed by atoms with Gasteiger partial charge in [-0.15, -0.1) is 0 Å². The molecule has 0 unspecified atom stereocenters. The monoisotopic (exact) mass is 412 g/mol. The summed E-state index contributed by atoms with van der Waals surface area (Å²) in [6.45, 7) is 7.50. The zero-order valence-corrected chi connectivity index (χ0v) is 18.3. The van der Waals surface area contributed by atoms with Crippen molar-refractivity contribution in [1.29, 1.82) is 0 Å². The molecule has 3 fully saturated rings. The van der Waals surface area contributed by atoms with Gasteiger partial charge in [0.1, 0.15) is 5.82 Å². The number of carbonyl (C=O) groups is 1.